The highest BCUT2D eigenvalue weighted by Crippen LogP contribution is 2.43. The molecule has 0 spiro atoms. The van der Waals surface area contributed by atoms with Gasteiger partial charge in [-0.2, -0.15) is 0 Å². The predicted molar refractivity (Wildman–Crippen MR) is 85.4 cm³/mol. The van der Waals surface area contributed by atoms with Crippen LogP contribution in [0.3, 0.4) is 0 Å². The van der Waals surface area contributed by atoms with E-state index in [0.717, 1.165) is 30.5 Å². The van der Waals surface area contributed by atoms with Crippen molar-refractivity contribution >= 4 is 17.5 Å². The fraction of sp³-hybridized carbons (Fsp3) is 0.412. The van der Waals surface area contributed by atoms with Crippen LogP contribution in [0.2, 0.25) is 0 Å². The van der Waals surface area contributed by atoms with Crippen molar-refractivity contribution in [2.24, 2.45) is 5.73 Å². The summed E-state index contributed by atoms with van der Waals surface area (Å²) in [5.74, 6) is -2.58. The SMILES string of the molecule is CN1CC2=C(CCC2)C1(C(N)=O)C(=O)Nc1ccc(F)c(C(F)F)c1. The number of rotatable bonds is 4. The topological polar surface area (TPSA) is 75.4 Å². The van der Waals surface area contributed by atoms with Gasteiger partial charge in [0.1, 0.15) is 5.82 Å². The number of anilines is 1. The summed E-state index contributed by atoms with van der Waals surface area (Å²) in [6, 6.07) is 2.89. The van der Waals surface area contributed by atoms with Gasteiger partial charge >= 0.3 is 0 Å². The zero-order valence-corrected chi connectivity index (χ0v) is 13.6. The molecule has 1 heterocycles. The number of likely N-dealkylation sites (tertiary alicyclic amines) is 1. The highest BCUT2D eigenvalue weighted by molar-refractivity contribution is 6.18. The maximum Gasteiger partial charge on any atom is 0.266 e. The van der Waals surface area contributed by atoms with Crippen LogP contribution in [0.25, 0.3) is 0 Å². The Morgan fingerprint density at radius 3 is 2.68 bits per heavy atom. The Labute approximate surface area is 142 Å². The molecule has 3 N–H and O–H groups in total. The number of nitrogens with one attached hydrogen (secondary N) is 1. The second-order valence-corrected chi connectivity index (χ2v) is 6.36. The second-order valence-electron chi connectivity index (χ2n) is 6.36. The summed E-state index contributed by atoms with van der Waals surface area (Å²) in [5.41, 5.74) is 4.83. The molecule has 2 amide bonds. The van der Waals surface area contributed by atoms with E-state index in [2.05, 4.69) is 5.32 Å². The average Bonchev–Trinajstić information content (AvgIpc) is 3.07. The number of amides is 2. The highest BCUT2D eigenvalue weighted by atomic mass is 19.3. The first-order valence-electron chi connectivity index (χ1n) is 7.90. The number of nitrogens with zero attached hydrogens (tertiary/aromatic N) is 1. The van der Waals surface area contributed by atoms with E-state index in [0.29, 0.717) is 18.5 Å². The van der Waals surface area contributed by atoms with Crippen LogP contribution in [0.5, 0.6) is 0 Å². The highest BCUT2D eigenvalue weighted by Gasteiger charge is 2.56. The van der Waals surface area contributed by atoms with Crippen LogP contribution in [0, 0.1) is 5.82 Å². The number of alkyl halides is 2. The summed E-state index contributed by atoms with van der Waals surface area (Å²) in [5, 5.41) is 2.46. The molecule has 1 aromatic carbocycles. The molecule has 5 nitrogen and oxygen atoms in total. The molecule has 0 saturated heterocycles. The van der Waals surface area contributed by atoms with E-state index in [4.69, 9.17) is 5.73 Å². The first-order chi connectivity index (χ1) is 11.8. The number of likely N-dealkylation sites (N-methyl/N-ethyl adjacent to an activating group) is 1. The first-order valence-corrected chi connectivity index (χ1v) is 7.90. The smallest absolute Gasteiger partial charge is 0.266 e. The molecule has 3 rings (SSSR count). The van der Waals surface area contributed by atoms with Crippen LogP contribution >= 0.6 is 0 Å². The monoisotopic (exact) mass is 353 g/mol. The fourth-order valence-corrected chi connectivity index (χ4v) is 3.82. The average molecular weight is 353 g/mol. The van der Waals surface area contributed by atoms with Gasteiger partial charge in [-0.1, -0.05) is 5.57 Å². The van der Waals surface area contributed by atoms with Gasteiger partial charge in [0.25, 0.3) is 18.2 Å². The molecule has 0 bridgehead atoms. The Hall–Kier alpha value is -2.35. The van der Waals surface area contributed by atoms with E-state index in [1.807, 2.05) is 0 Å². The molecule has 1 aromatic rings. The minimum absolute atomic E-state index is 0.0113. The molecule has 25 heavy (non-hydrogen) atoms. The van der Waals surface area contributed by atoms with Gasteiger partial charge < -0.3 is 11.1 Å². The van der Waals surface area contributed by atoms with E-state index in [1.54, 1.807) is 11.9 Å². The van der Waals surface area contributed by atoms with Crippen LogP contribution < -0.4 is 11.1 Å². The lowest BCUT2D eigenvalue weighted by Gasteiger charge is -2.34. The van der Waals surface area contributed by atoms with Crippen LogP contribution in [0.1, 0.15) is 31.3 Å². The van der Waals surface area contributed by atoms with Gasteiger partial charge in [-0.05, 0) is 50.1 Å². The summed E-state index contributed by atoms with van der Waals surface area (Å²) in [7, 11) is 1.62. The molecule has 0 fully saturated rings. The standard InChI is InChI=1S/C17H18F3N3O2/c1-23-8-9-3-2-4-12(9)17(23,15(21)24)16(25)22-10-5-6-13(18)11(7-10)14(19)20/h5-7,14H,2-4,8H2,1H3,(H2,21,24)(H,22,25). The third-order valence-electron chi connectivity index (χ3n) is 4.94. The zero-order valence-electron chi connectivity index (χ0n) is 13.6. The van der Waals surface area contributed by atoms with Gasteiger partial charge in [0.05, 0.1) is 5.56 Å². The zero-order chi connectivity index (χ0) is 18.4. The van der Waals surface area contributed by atoms with Gasteiger partial charge in [-0.15, -0.1) is 0 Å². The Kier molecular flexibility index (Phi) is 4.32. The van der Waals surface area contributed by atoms with E-state index in [9.17, 15) is 22.8 Å². The largest absolute Gasteiger partial charge is 0.367 e. The van der Waals surface area contributed by atoms with Crippen LogP contribution in [-0.4, -0.2) is 35.8 Å². The summed E-state index contributed by atoms with van der Waals surface area (Å²) < 4.78 is 39.1. The van der Waals surface area contributed by atoms with Crippen LogP contribution in [0.4, 0.5) is 18.9 Å². The van der Waals surface area contributed by atoms with E-state index in [1.165, 1.54) is 6.07 Å². The van der Waals surface area contributed by atoms with E-state index < -0.39 is 35.2 Å². The number of carbonyl (C=O) groups excluding carboxylic acids is 2. The Balaban J connectivity index is 1.96. The second kappa shape index (κ2) is 6.18. The molecule has 0 saturated carbocycles. The fourth-order valence-electron chi connectivity index (χ4n) is 3.82. The number of benzene rings is 1. The van der Waals surface area contributed by atoms with Crippen molar-refractivity contribution < 1.29 is 22.8 Å². The van der Waals surface area contributed by atoms with Gasteiger partial charge in [0, 0.05) is 12.2 Å². The number of hydrogen-bond acceptors (Lipinski definition) is 3. The van der Waals surface area contributed by atoms with Gasteiger partial charge in [-0.25, -0.2) is 13.2 Å². The molecule has 8 heteroatoms. The minimum atomic E-state index is -3.01. The van der Waals surface area contributed by atoms with Crippen molar-refractivity contribution in [3.8, 4) is 0 Å². The summed E-state index contributed by atoms with van der Waals surface area (Å²) >= 11 is 0. The van der Waals surface area contributed by atoms with Crippen molar-refractivity contribution in [3.05, 3.63) is 40.7 Å². The molecule has 1 aliphatic heterocycles. The first kappa shape index (κ1) is 17.5. The van der Waals surface area contributed by atoms with Crippen molar-refractivity contribution in [3.63, 3.8) is 0 Å². The van der Waals surface area contributed by atoms with Crippen molar-refractivity contribution in [1.29, 1.82) is 0 Å². The third kappa shape index (κ3) is 2.60. The lowest BCUT2D eigenvalue weighted by atomic mass is 9.87. The number of hydrogen-bond donors (Lipinski definition) is 2. The van der Waals surface area contributed by atoms with E-state index in [-0.39, 0.29) is 5.69 Å². The molecule has 1 aliphatic carbocycles. The van der Waals surface area contributed by atoms with Gasteiger partial charge in [0.2, 0.25) is 5.54 Å². The normalized spacial score (nSPS) is 23.2. The Morgan fingerprint density at radius 1 is 1.32 bits per heavy atom. The number of carbonyl (C=O) groups is 2. The number of halogens is 3. The van der Waals surface area contributed by atoms with Crippen molar-refractivity contribution in [1.82, 2.24) is 4.90 Å². The van der Waals surface area contributed by atoms with E-state index >= 15 is 0 Å². The quantitative estimate of drug-likeness (QED) is 0.644. The number of nitrogens with two attached hydrogens (primary N) is 1. The maximum absolute atomic E-state index is 13.4. The summed E-state index contributed by atoms with van der Waals surface area (Å²) in [4.78, 5) is 26.7. The predicted octanol–water partition coefficient (Wildman–Crippen LogP) is 2.35. The van der Waals surface area contributed by atoms with Gasteiger partial charge in [-0.3, -0.25) is 14.5 Å². The number of primary amides is 1. The maximum atomic E-state index is 13.4. The van der Waals surface area contributed by atoms with Crippen molar-refractivity contribution in [2.75, 3.05) is 18.9 Å². The molecule has 1 atom stereocenters. The molecular formula is C17H18F3N3O2. The molecule has 2 aliphatic rings. The lowest BCUT2D eigenvalue weighted by Crippen LogP contribution is -2.62. The molecular weight excluding hydrogens is 335 g/mol. The van der Waals surface area contributed by atoms with Crippen molar-refractivity contribution in [2.45, 2.75) is 31.2 Å². The molecule has 0 radical (unpaired) electrons. The van der Waals surface area contributed by atoms with Gasteiger partial charge in [0.15, 0.2) is 0 Å². The Bertz CT molecular complexity index is 778. The Morgan fingerprint density at radius 2 is 2.04 bits per heavy atom. The third-order valence-corrected chi connectivity index (χ3v) is 4.94. The minimum Gasteiger partial charge on any atom is -0.367 e. The molecule has 0 aromatic heterocycles. The summed E-state index contributed by atoms with van der Waals surface area (Å²) in [6.07, 6.45) is -0.789. The summed E-state index contributed by atoms with van der Waals surface area (Å²) in [6.45, 7) is 0.456. The van der Waals surface area contributed by atoms with Crippen LogP contribution in [-0.2, 0) is 9.59 Å². The molecule has 134 valence electrons. The lowest BCUT2D eigenvalue weighted by molar-refractivity contribution is -0.136. The van der Waals surface area contributed by atoms with Crippen LogP contribution in [0.15, 0.2) is 29.3 Å². The molecule has 1 unspecified atom stereocenters.